The summed E-state index contributed by atoms with van der Waals surface area (Å²) in [5, 5.41) is 24.2. The van der Waals surface area contributed by atoms with Crippen molar-refractivity contribution in [3.8, 4) is 17.5 Å². The van der Waals surface area contributed by atoms with Crippen LogP contribution in [0.4, 0.5) is 27.8 Å². The zero-order valence-electron chi connectivity index (χ0n) is 14.6. The van der Waals surface area contributed by atoms with Crippen LogP contribution in [0.15, 0.2) is 12.1 Å². The molecule has 1 saturated carbocycles. The van der Waals surface area contributed by atoms with Crippen molar-refractivity contribution >= 4 is 35.0 Å². The Balaban J connectivity index is 2.24. The number of carboxylic acids is 1. The van der Waals surface area contributed by atoms with Crippen molar-refractivity contribution in [3.05, 3.63) is 33.4 Å². The molecule has 0 amide bonds. The lowest BCUT2D eigenvalue weighted by atomic mass is 9.94. The van der Waals surface area contributed by atoms with E-state index >= 15 is 0 Å². The highest BCUT2D eigenvalue weighted by Crippen LogP contribution is 2.64. The first kappa shape index (κ1) is 21.9. The molecule has 1 aliphatic rings. The van der Waals surface area contributed by atoms with E-state index in [1.54, 1.807) is 6.07 Å². The number of ether oxygens (including phenoxy) is 1. The third-order valence-corrected chi connectivity index (χ3v) is 5.02. The van der Waals surface area contributed by atoms with Crippen LogP contribution in [0.25, 0.3) is 5.69 Å². The molecule has 0 radical (unpaired) electrons. The molecule has 1 fully saturated rings. The number of hydrogen-bond acceptors (Lipinski definition) is 5. The average Bonchev–Trinajstić information content (AvgIpc) is 3.00. The molecule has 1 unspecified atom stereocenters. The molecule has 2 N–H and O–H groups in total. The van der Waals surface area contributed by atoms with E-state index in [1.807, 2.05) is 0 Å². The molecule has 1 aromatic carbocycles. The van der Waals surface area contributed by atoms with Crippen molar-refractivity contribution in [3.63, 3.8) is 0 Å². The smallest absolute Gasteiger partial charge is 0.480 e. The van der Waals surface area contributed by atoms with Gasteiger partial charge in [-0.05, 0) is 0 Å². The summed E-state index contributed by atoms with van der Waals surface area (Å²) < 4.78 is 70.0. The number of nitriles is 1. The maximum absolute atomic E-state index is 14.1. The summed E-state index contributed by atoms with van der Waals surface area (Å²) >= 11 is 12.0. The van der Waals surface area contributed by atoms with E-state index < -0.39 is 57.1 Å². The number of anilines is 1. The fraction of sp³-hybridized carbons (Fsp3) is 0.312. The Morgan fingerprint density at radius 2 is 1.90 bits per heavy atom. The van der Waals surface area contributed by atoms with Crippen molar-refractivity contribution < 1.29 is 36.6 Å². The molecule has 30 heavy (non-hydrogen) atoms. The van der Waals surface area contributed by atoms with Gasteiger partial charge in [0.15, 0.2) is 11.1 Å². The highest BCUT2D eigenvalue weighted by atomic mass is 35.5. The number of nitrogens with one attached hydrogen (secondary N) is 1. The lowest BCUT2D eigenvalue weighted by molar-refractivity contribution is -0.274. The topological polar surface area (TPSA) is 100 Å². The van der Waals surface area contributed by atoms with Crippen molar-refractivity contribution in [1.82, 2.24) is 9.78 Å². The van der Waals surface area contributed by atoms with Gasteiger partial charge < -0.3 is 15.2 Å². The molecular weight excluding hydrogens is 462 g/mol. The van der Waals surface area contributed by atoms with Crippen LogP contribution in [-0.2, 0) is 10.2 Å². The van der Waals surface area contributed by atoms with Crippen LogP contribution < -0.4 is 10.1 Å². The number of alkyl halides is 5. The number of halogens is 7. The van der Waals surface area contributed by atoms with Crippen LogP contribution in [0.1, 0.15) is 17.7 Å². The largest absolute Gasteiger partial charge is 0.573 e. The molecule has 0 spiro atoms. The minimum atomic E-state index is -5.03. The van der Waals surface area contributed by atoms with Gasteiger partial charge in [-0.1, -0.05) is 23.2 Å². The maximum Gasteiger partial charge on any atom is 0.573 e. The zero-order valence-corrected chi connectivity index (χ0v) is 16.1. The molecule has 1 heterocycles. The number of aliphatic carboxylic acids is 1. The standard InChI is InChI=1S/C16H9Cl2F5N4O3/c1-25-12-10(14(13(28)29)5-15(14,19)20)9(4-24)26-27(12)11-7(17)2-6(3-8(11)18)30-16(21,22)23/h2-3,25H,5H2,1H3,(H,28,29). The van der Waals surface area contributed by atoms with E-state index in [4.69, 9.17) is 23.2 Å². The van der Waals surface area contributed by atoms with E-state index in [0.717, 1.165) is 16.8 Å². The average molecular weight is 471 g/mol. The van der Waals surface area contributed by atoms with Crippen molar-refractivity contribution in [2.45, 2.75) is 24.1 Å². The van der Waals surface area contributed by atoms with Crippen LogP contribution in [0, 0.1) is 11.3 Å². The van der Waals surface area contributed by atoms with Gasteiger partial charge in [-0.25, -0.2) is 13.5 Å². The van der Waals surface area contributed by atoms with E-state index in [9.17, 15) is 37.1 Å². The minimum absolute atomic E-state index is 0.274. The molecule has 0 saturated heterocycles. The zero-order chi connectivity index (χ0) is 22.6. The summed E-state index contributed by atoms with van der Waals surface area (Å²) in [7, 11) is 1.25. The lowest BCUT2D eigenvalue weighted by Crippen LogP contribution is -2.28. The molecule has 14 heteroatoms. The Hall–Kier alpha value is -2.78. The molecule has 0 bridgehead atoms. The number of nitrogens with zero attached hydrogens (tertiary/aromatic N) is 3. The number of hydrogen-bond donors (Lipinski definition) is 2. The van der Waals surface area contributed by atoms with Gasteiger partial charge in [-0.2, -0.15) is 10.4 Å². The predicted molar refractivity (Wildman–Crippen MR) is 93.4 cm³/mol. The second kappa shape index (κ2) is 6.88. The number of aromatic nitrogens is 2. The first-order valence-corrected chi connectivity index (χ1v) is 8.62. The molecule has 3 rings (SSSR count). The first-order chi connectivity index (χ1) is 13.8. The van der Waals surface area contributed by atoms with E-state index in [-0.39, 0.29) is 11.5 Å². The summed E-state index contributed by atoms with van der Waals surface area (Å²) in [6.07, 6.45) is -6.09. The Labute approximate surface area is 174 Å². The third kappa shape index (κ3) is 3.27. The van der Waals surface area contributed by atoms with Gasteiger partial charge in [-0.15, -0.1) is 13.2 Å². The Kier molecular flexibility index (Phi) is 5.03. The van der Waals surface area contributed by atoms with Gasteiger partial charge in [-0.3, -0.25) is 4.79 Å². The minimum Gasteiger partial charge on any atom is -0.480 e. The summed E-state index contributed by atoms with van der Waals surface area (Å²) in [6.45, 7) is 0. The molecule has 7 nitrogen and oxygen atoms in total. The molecule has 160 valence electrons. The van der Waals surface area contributed by atoms with Crippen LogP contribution in [0.5, 0.6) is 5.75 Å². The SMILES string of the molecule is CNc1c(C2(C(=O)O)CC2(F)F)c(C#N)nn1-c1c(Cl)cc(OC(F)(F)F)cc1Cl. The molecule has 0 aliphatic heterocycles. The van der Waals surface area contributed by atoms with Crippen molar-refractivity contribution in [2.75, 3.05) is 12.4 Å². The fourth-order valence-corrected chi connectivity index (χ4v) is 3.76. The molecule has 1 atom stereocenters. The van der Waals surface area contributed by atoms with Gasteiger partial charge in [0.25, 0.3) is 5.92 Å². The Bertz CT molecular complexity index is 1070. The summed E-state index contributed by atoms with van der Waals surface area (Å²) in [5.74, 6) is -6.61. The fourth-order valence-electron chi connectivity index (χ4n) is 3.13. The highest BCUT2D eigenvalue weighted by molar-refractivity contribution is 6.38. The van der Waals surface area contributed by atoms with Crippen LogP contribution in [0.3, 0.4) is 0 Å². The van der Waals surface area contributed by atoms with E-state index in [0.29, 0.717) is 0 Å². The highest BCUT2D eigenvalue weighted by Gasteiger charge is 2.79. The maximum atomic E-state index is 14.1. The summed E-state index contributed by atoms with van der Waals surface area (Å²) in [5.41, 5.74) is -4.20. The number of benzene rings is 1. The van der Waals surface area contributed by atoms with Gasteiger partial charge in [0.2, 0.25) is 0 Å². The Morgan fingerprint density at radius 3 is 2.27 bits per heavy atom. The summed E-state index contributed by atoms with van der Waals surface area (Å²) in [6, 6.07) is 3.06. The monoisotopic (exact) mass is 470 g/mol. The van der Waals surface area contributed by atoms with Gasteiger partial charge in [0.05, 0.1) is 15.6 Å². The predicted octanol–water partition coefficient (Wildman–Crippen LogP) is 4.35. The van der Waals surface area contributed by atoms with E-state index in [2.05, 4.69) is 15.2 Å². The number of rotatable bonds is 5. The second-order valence-electron chi connectivity index (χ2n) is 6.22. The Morgan fingerprint density at radius 1 is 1.37 bits per heavy atom. The summed E-state index contributed by atoms with van der Waals surface area (Å²) in [4.78, 5) is 11.7. The van der Waals surface area contributed by atoms with Gasteiger partial charge in [0.1, 0.15) is 23.3 Å². The molecule has 1 aromatic heterocycles. The molecule has 2 aromatic rings. The second-order valence-corrected chi connectivity index (χ2v) is 7.04. The van der Waals surface area contributed by atoms with E-state index in [1.165, 1.54) is 7.05 Å². The lowest BCUT2D eigenvalue weighted by Gasteiger charge is -2.16. The quantitative estimate of drug-likeness (QED) is 0.630. The van der Waals surface area contributed by atoms with Crippen LogP contribution in [-0.4, -0.2) is 40.2 Å². The first-order valence-electron chi connectivity index (χ1n) is 7.87. The van der Waals surface area contributed by atoms with Gasteiger partial charge in [0, 0.05) is 25.6 Å². The normalized spacial score (nSPS) is 19.8. The molecule has 1 aliphatic carbocycles. The third-order valence-electron chi connectivity index (χ3n) is 4.44. The van der Waals surface area contributed by atoms with Crippen molar-refractivity contribution in [1.29, 1.82) is 5.26 Å². The van der Waals surface area contributed by atoms with Crippen LogP contribution >= 0.6 is 23.2 Å². The van der Waals surface area contributed by atoms with Crippen LogP contribution in [0.2, 0.25) is 10.0 Å². The number of carboxylic acid groups (broad SMARTS) is 1. The van der Waals surface area contributed by atoms with Crippen molar-refractivity contribution in [2.24, 2.45) is 0 Å². The molecular formula is C16H9Cl2F5N4O3. The van der Waals surface area contributed by atoms with Gasteiger partial charge >= 0.3 is 12.3 Å². The number of carbonyl (C=O) groups is 1.